The van der Waals surface area contributed by atoms with Crippen LogP contribution in [-0.2, 0) is 10.9 Å². The minimum atomic E-state index is -4.56. The molecule has 0 radical (unpaired) electrons. The zero-order chi connectivity index (χ0) is 21.9. The number of alkyl halides is 3. The normalized spacial score (nSPS) is 15.6. The number of carbonyl (C=O) groups is 2. The van der Waals surface area contributed by atoms with Gasteiger partial charge >= 0.3 is 6.18 Å². The van der Waals surface area contributed by atoms with Gasteiger partial charge in [-0.15, -0.1) is 0 Å². The van der Waals surface area contributed by atoms with E-state index in [0.29, 0.717) is 31.9 Å². The Morgan fingerprint density at radius 2 is 1.80 bits per heavy atom. The number of rotatable bonds is 4. The molecule has 1 aliphatic heterocycles. The number of halogens is 3. The number of amides is 2. The molecule has 30 heavy (non-hydrogen) atoms. The Balaban J connectivity index is 1.81. The van der Waals surface area contributed by atoms with Crippen LogP contribution < -0.4 is 5.32 Å². The van der Waals surface area contributed by atoms with Gasteiger partial charge in [0.05, 0.1) is 30.5 Å². The van der Waals surface area contributed by atoms with Gasteiger partial charge in [0.2, 0.25) is 0 Å². The second-order valence-corrected chi connectivity index (χ2v) is 6.98. The summed E-state index contributed by atoms with van der Waals surface area (Å²) in [4.78, 5) is 35.3. The van der Waals surface area contributed by atoms with Crippen molar-refractivity contribution < 1.29 is 27.5 Å². The summed E-state index contributed by atoms with van der Waals surface area (Å²) in [5, 5.41) is 2.61. The molecule has 1 aromatic carbocycles. The fraction of sp³-hybridized carbons (Fsp3) is 0.400. The Labute approximate surface area is 171 Å². The molecular formula is C20H21F3N4O3. The minimum absolute atomic E-state index is 0.0902. The molecule has 0 spiro atoms. The van der Waals surface area contributed by atoms with Crippen molar-refractivity contribution in [2.24, 2.45) is 0 Å². The molecular weight excluding hydrogens is 401 g/mol. The van der Waals surface area contributed by atoms with Gasteiger partial charge in [-0.25, -0.2) is 4.98 Å². The third kappa shape index (κ3) is 4.93. The van der Waals surface area contributed by atoms with Gasteiger partial charge in [0.25, 0.3) is 11.8 Å². The van der Waals surface area contributed by atoms with E-state index in [4.69, 9.17) is 4.74 Å². The second kappa shape index (κ2) is 8.78. The monoisotopic (exact) mass is 422 g/mol. The number of hydrogen-bond donors (Lipinski definition) is 1. The zero-order valence-electron chi connectivity index (χ0n) is 16.5. The average Bonchev–Trinajstić information content (AvgIpc) is 2.72. The number of carbonyl (C=O) groups excluding carboxylic acids is 2. The Morgan fingerprint density at radius 3 is 2.47 bits per heavy atom. The van der Waals surface area contributed by atoms with E-state index in [2.05, 4.69) is 15.3 Å². The van der Waals surface area contributed by atoms with Crippen molar-refractivity contribution in [2.75, 3.05) is 26.3 Å². The quantitative estimate of drug-likeness (QED) is 0.819. The van der Waals surface area contributed by atoms with Gasteiger partial charge < -0.3 is 15.0 Å². The van der Waals surface area contributed by atoms with E-state index < -0.39 is 23.7 Å². The van der Waals surface area contributed by atoms with E-state index in [-0.39, 0.29) is 22.9 Å². The van der Waals surface area contributed by atoms with Gasteiger partial charge in [-0.05, 0) is 37.6 Å². The fourth-order valence-corrected chi connectivity index (χ4v) is 3.17. The Bertz CT molecular complexity index is 943. The van der Waals surface area contributed by atoms with Crippen LogP contribution in [0.15, 0.2) is 30.6 Å². The summed E-state index contributed by atoms with van der Waals surface area (Å²) in [7, 11) is 0. The molecule has 1 saturated heterocycles. The lowest BCUT2D eigenvalue weighted by Gasteiger charge is -2.27. The first-order valence-electron chi connectivity index (χ1n) is 9.34. The lowest BCUT2D eigenvalue weighted by Crippen LogP contribution is -2.42. The minimum Gasteiger partial charge on any atom is -0.378 e. The number of morpholine rings is 1. The number of nitrogens with one attached hydrogen (secondary N) is 1. The smallest absolute Gasteiger partial charge is 0.378 e. The number of benzene rings is 1. The van der Waals surface area contributed by atoms with Crippen molar-refractivity contribution >= 4 is 11.8 Å². The van der Waals surface area contributed by atoms with Gasteiger partial charge in [0, 0.05) is 31.0 Å². The Morgan fingerprint density at radius 1 is 1.13 bits per heavy atom. The molecule has 2 aromatic rings. The van der Waals surface area contributed by atoms with E-state index in [1.54, 1.807) is 11.8 Å². The zero-order valence-corrected chi connectivity index (χ0v) is 16.5. The first-order chi connectivity index (χ1) is 14.2. The highest BCUT2D eigenvalue weighted by Gasteiger charge is 2.32. The largest absolute Gasteiger partial charge is 0.416 e. The molecule has 0 bridgehead atoms. The van der Waals surface area contributed by atoms with Crippen molar-refractivity contribution in [3.8, 4) is 0 Å². The molecule has 1 aliphatic rings. The second-order valence-electron chi connectivity index (χ2n) is 6.98. The first-order valence-corrected chi connectivity index (χ1v) is 9.34. The Hall–Kier alpha value is -3.01. The highest BCUT2D eigenvalue weighted by molar-refractivity contribution is 5.96. The van der Waals surface area contributed by atoms with E-state index in [1.165, 1.54) is 25.4 Å². The highest BCUT2D eigenvalue weighted by Crippen LogP contribution is 2.30. The van der Waals surface area contributed by atoms with Crippen LogP contribution in [0.3, 0.4) is 0 Å². The summed E-state index contributed by atoms with van der Waals surface area (Å²) in [6.45, 7) is 4.75. The summed E-state index contributed by atoms with van der Waals surface area (Å²) in [6.07, 6.45) is -1.79. The lowest BCUT2D eigenvalue weighted by molar-refractivity contribution is -0.137. The maximum atomic E-state index is 13.1. The molecule has 2 heterocycles. The van der Waals surface area contributed by atoms with Crippen LogP contribution in [0.25, 0.3) is 0 Å². The number of hydrogen-bond acceptors (Lipinski definition) is 5. The van der Waals surface area contributed by atoms with Crippen LogP contribution in [-0.4, -0.2) is 53.0 Å². The van der Waals surface area contributed by atoms with E-state index in [1.807, 2.05) is 0 Å². The van der Waals surface area contributed by atoms with Crippen LogP contribution in [0.1, 0.15) is 50.6 Å². The first kappa shape index (κ1) is 21.7. The maximum Gasteiger partial charge on any atom is 0.416 e. The van der Waals surface area contributed by atoms with Crippen molar-refractivity contribution in [1.29, 1.82) is 0 Å². The van der Waals surface area contributed by atoms with E-state index in [9.17, 15) is 22.8 Å². The molecule has 1 atom stereocenters. The van der Waals surface area contributed by atoms with Gasteiger partial charge in [0.15, 0.2) is 5.69 Å². The molecule has 7 nitrogen and oxygen atoms in total. The van der Waals surface area contributed by atoms with E-state index in [0.717, 1.165) is 12.1 Å². The lowest BCUT2D eigenvalue weighted by atomic mass is 10.0. The predicted octanol–water partition coefficient (Wildman–Crippen LogP) is 2.77. The Kier molecular flexibility index (Phi) is 6.35. The molecule has 10 heteroatoms. The van der Waals surface area contributed by atoms with Gasteiger partial charge in [-0.2, -0.15) is 13.2 Å². The summed E-state index contributed by atoms with van der Waals surface area (Å²) in [5.74, 6) is -1.04. The molecule has 160 valence electrons. The number of aromatic nitrogens is 2. The van der Waals surface area contributed by atoms with Gasteiger partial charge in [-0.1, -0.05) is 0 Å². The molecule has 1 N–H and O–H groups in total. The maximum absolute atomic E-state index is 13.1. The van der Waals surface area contributed by atoms with Crippen molar-refractivity contribution in [1.82, 2.24) is 20.2 Å². The van der Waals surface area contributed by atoms with Crippen molar-refractivity contribution in [3.63, 3.8) is 0 Å². The number of aryl methyl sites for hydroxylation is 1. The summed E-state index contributed by atoms with van der Waals surface area (Å²) < 4.78 is 44.4. The van der Waals surface area contributed by atoms with Gasteiger partial charge in [-0.3, -0.25) is 14.6 Å². The van der Waals surface area contributed by atoms with Crippen LogP contribution in [0.2, 0.25) is 0 Å². The van der Waals surface area contributed by atoms with Crippen LogP contribution >= 0.6 is 0 Å². The van der Waals surface area contributed by atoms with Crippen LogP contribution in [0.5, 0.6) is 0 Å². The molecule has 1 unspecified atom stereocenters. The summed E-state index contributed by atoms with van der Waals surface area (Å²) in [5.41, 5.74) is -0.383. The van der Waals surface area contributed by atoms with Crippen LogP contribution in [0, 0.1) is 6.92 Å². The molecule has 1 fully saturated rings. The van der Waals surface area contributed by atoms with E-state index >= 15 is 0 Å². The molecule has 0 aliphatic carbocycles. The summed E-state index contributed by atoms with van der Waals surface area (Å²) in [6, 6.07) is 2.39. The third-order valence-corrected chi connectivity index (χ3v) is 4.65. The summed E-state index contributed by atoms with van der Waals surface area (Å²) >= 11 is 0. The predicted molar refractivity (Wildman–Crippen MR) is 101 cm³/mol. The van der Waals surface area contributed by atoms with Crippen molar-refractivity contribution in [2.45, 2.75) is 26.1 Å². The van der Waals surface area contributed by atoms with Crippen LogP contribution in [0.4, 0.5) is 13.2 Å². The molecule has 0 saturated carbocycles. The molecule has 3 rings (SSSR count). The third-order valence-electron chi connectivity index (χ3n) is 4.65. The molecule has 2 amide bonds. The number of ether oxygens (including phenoxy) is 1. The molecule has 1 aromatic heterocycles. The fourth-order valence-electron chi connectivity index (χ4n) is 3.17. The SMILES string of the molecule is Cc1cc(C(=O)NC(C)c2nccnc2C(=O)N2CCOCC2)cc(C(F)(F)F)c1. The average molecular weight is 422 g/mol. The topological polar surface area (TPSA) is 84.4 Å². The van der Waals surface area contributed by atoms with Gasteiger partial charge in [0.1, 0.15) is 0 Å². The standard InChI is InChI=1S/C20H21F3N4O3/c1-12-9-14(11-15(10-12)20(21,22)23)18(28)26-13(2)16-17(25-4-3-24-16)19(29)27-5-7-30-8-6-27/h3-4,9-11,13H,5-8H2,1-2H3,(H,26,28). The van der Waals surface area contributed by atoms with Crippen molar-refractivity contribution in [3.05, 3.63) is 58.7 Å². The number of nitrogens with zero attached hydrogens (tertiary/aromatic N) is 3. The highest BCUT2D eigenvalue weighted by atomic mass is 19.4.